The molecule has 2 aliphatic rings. The SMILES string of the molecule is CC(C)Cc1cn(C2CCN(Cc3cc4c(cc3Cl)OCO4)CC2)nn1. The van der Waals surface area contributed by atoms with E-state index in [-0.39, 0.29) is 6.79 Å². The number of ether oxygens (including phenoxy) is 2. The van der Waals surface area contributed by atoms with Gasteiger partial charge in [-0.3, -0.25) is 4.90 Å². The summed E-state index contributed by atoms with van der Waals surface area (Å²) in [6.45, 7) is 7.57. The second-order valence-corrected chi connectivity index (χ2v) is 8.00. The summed E-state index contributed by atoms with van der Waals surface area (Å²) < 4.78 is 12.9. The lowest BCUT2D eigenvalue weighted by Gasteiger charge is -2.32. The molecule has 0 spiro atoms. The van der Waals surface area contributed by atoms with Crippen molar-refractivity contribution < 1.29 is 9.47 Å². The number of rotatable bonds is 5. The van der Waals surface area contributed by atoms with Crippen molar-refractivity contribution in [2.45, 2.75) is 45.7 Å². The molecule has 0 bridgehead atoms. The predicted octanol–water partition coefficient (Wildman–Crippen LogP) is 3.70. The number of fused-ring (bicyclic) bond motifs is 1. The highest BCUT2D eigenvalue weighted by atomic mass is 35.5. The number of benzene rings is 1. The Bertz CT molecular complexity index is 769. The first kappa shape index (κ1) is 17.6. The summed E-state index contributed by atoms with van der Waals surface area (Å²) in [7, 11) is 0. The first-order valence-corrected chi connectivity index (χ1v) is 9.67. The van der Waals surface area contributed by atoms with Crippen LogP contribution >= 0.6 is 11.6 Å². The third-order valence-electron chi connectivity index (χ3n) is 5.04. The molecular formula is C19H25ClN4O2. The zero-order chi connectivity index (χ0) is 18.1. The lowest BCUT2D eigenvalue weighted by molar-refractivity contribution is 0.170. The van der Waals surface area contributed by atoms with E-state index in [1.54, 1.807) is 0 Å². The van der Waals surface area contributed by atoms with Crippen LogP contribution in [0.25, 0.3) is 0 Å². The monoisotopic (exact) mass is 376 g/mol. The molecule has 3 heterocycles. The summed E-state index contributed by atoms with van der Waals surface area (Å²) in [5.74, 6) is 2.13. The van der Waals surface area contributed by atoms with Crippen LogP contribution in [0, 0.1) is 5.92 Å². The van der Waals surface area contributed by atoms with Gasteiger partial charge in [-0.1, -0.05) is 30.7 Å². The Hall–Kier alpha value is -1.79. The maximum absolute atomic E-state index is 6.41. The number of hydrogen-bond donors (Lipinski definition) is 0. The van der Waals surface area contributed by atoms with E-state index in [1.807, 2.05) is 12.1 Å². The second kappa shape index (κ2) is 7.45. The largest absolute Gasteiger partial charge is 0.454 e. The minimum absolute atomic E-state index is 0.275. The zero-order valence-corrected chi connectivity index (χ0v) is 16.1. The zero-order valence-electron chi connectivity index (χ0n) is 15.3. The summed E-state index contributed by atoms with van der Waals surface area (Å²) >= 11 is 6.41. The van der Waals surface area contributed by atoms with Crippen LogP contribution in [0.2, 0.25) is 5.02 Å². The van der Waals surface area contributed by atoms with E-state index in [1.165, 1.54) is 0 Å². The molecule has 1 saturated heterocycles. The standard InChI is InChI=1S/C19H25ClN4O2/c1-13(2)7-15-11-24(22-21-15)16-3-5-23(6-4-16)10-14-8-18-19(9-17(14)20)26-12-25-18/h8-9,11,13,16H,3-7,10,12H2,1-2H3. The molecule has 0 radical (unpaired) electrons. The molecule has 7 heteroatoms. The van der Waals surface area contributed by atoms with E-state index in [2.05, 4.69) is 39.9 Å². The number of aromatic nitrogens is 3. The smallest absolute Gasteiger partial charge is 0.231 e. The molecule has 26 heavy (non-hydrogen) atoms. The van der Waals surface area contributed by atoms with E-state index < -0.39 is 0 Å². The minimum atomic E-state index is 0.275. The average Bonchev–Trinajstić information content (AvgIpc) is 3.24. The van der Waals surface area contributed by atoms with Gasteiger partial charge in [0.15, 0.2) is 11.5 Å². The topological polar surface area (TPSA) is 52.4 Å². The first-order chi connectivity index (χ1) is 12.6. The number of nitrogens with zero attached hydrogens (tertiary/aromatic N) is 4. The van der Waals surface area contributed by atoms with Crippen molar-refractivity contribution in [3.63, 3.8) is 0 Å². The van der Waals surface area contributed by atoms with Crippen LogP contribution in [-0.4, -0.2) is 39.8 Å². The van der Waals surface area contributed by atoms with E-state index >= 15 is 0 Å². The van der Waals surface area contributed by atoms with Crippen LogP contribution in [-0.2, 0) is 13.0 Å². The average molecular weight is 377 g/mol. The Kier molecular flexibility index (Phi) is 5.05. The van der Waals surface area contributed by atoms with Gasteiger partial charge in [-0.25, -0.2) is 4.68 Å². The van der Waals surface area contributed by atoms with E-state index in [9.17, 15) is 0 Å². The number of hydrogen-bond acceptors (Lipinski definition) is 5. The third-order valence-corrected chi connectivity index (χ3v) is 5.39. The molecule has 0 N–H and O–H groups in total. The first-order valence-electron chi connectivity index (χ1n) is 9.29. The lowest BCUT2D eigenvalue weighted by atomic mass is 10.0. The van der Waals surface area contributed by atoms with E-state index in [0.29, 0.717) is 12.0 Å². The molecule has 2 aliphatic heterocycles. The summed E-state index contributed by atoms with van der Waals surface area (Å²) in [6.07, 6.45) is 5.26. The Labute approximate surface area is 159 Å². The molecule has 0 aliphatic carbocycles. The maximum Gasteiger partial charge on any atom is 0.231 e. The highest BCUT2D eigenvalue weighted by Gasteiger charge is 2.23. The molecule has 1 aromatic carbocycles. The lowest BCUT2D eigenvalue weighted by Crippen LogP contribution is -2.34. The van der Waals surface area contributed by atoms with Crippen LogP contribution in [0.15, 0.2) is 18.3 Å². The molecule has 140 valence electrons. The summed E-state index contributed by atoms with van der Waals surface area (Å²) in [5, 5.41) is 9.41. The van der Waals surface area contributed by atoms with Crippen LogP contribution in [0.4, 0.5) is 0 Å². The molecule has 4 rings (SSSR count). The molecular weight excluding hydrogens is 352 g/mol. The van der Waals surface area contributed by atoms with Gasteiger partial charge >= 0.3 is 0 Å². The minimum Gasteiger partial charge on any atom is -0.454 e. The molecule has 6 nitrogen and oxygen atoms in total. The van der Waals surface area contributed by atoms with Crippen molar-refractivity contribution >= 4 is 11.6 Å². The predicted molar refractivity (Wildman–Crippen MR) is 99.7 cm³/mol. The summed E-state index contributed by atoms with van der Waals surface area (Å²) in [6, 6.07) is 4.30. The van der Waals surface area contributed by atoms with Crippen molar-refractivity contribution in [3.8, 4) is 11.5 Å². The quantitative estimate of drug-likeness (QED) is 0.796. The van der Waals surface area contributed by atoms with Crippen molar-refractivity contribution in [1.29, 1.82) is 0 Å². The second-order valence-electron chi connectivity index (χ2n) is 7.59. The number of piperidine rings is 1. The molecule has 0 atom stereocenters. The van der Waals surface area contributed by atoms with Crippen LogP contribution in [0.3, 0.4) is 0 Å². The fourth-order valence-electron chi connectivity index (χ4n) is 3.67. The highest BCUT2D eigenvalue weighted by molar-refractivity contribution is 6.31. The van der Waals surface area contributed by atoms with Gasteiger partial charge in [0.1, 0.15) is 0 Å². The van der Waals surface area contributed by atoms with Gasteiger partial charge in [-0.15, -0.1) is 5.10 Å². The van der Waals surface area contributed by atoms with Crippen molar-refractivity contribution in [3.05, 3.63) is 34.6 Å². The van der Waals surface area contributed by atoms with Crippen LogP contribution in [0.1, 0.15) is 44.0 Å². The van der Waals surface area contributed by atoms with Gasteiger partial charge in [0, 0.05) is 36.9 Å². The molecule has 0 saturated carbocycles. The van der Waals surface area contributed by atoms with Crippen LogP contribution < -0.4 is 9.47 Å². The van der Waals surface area contributed by atoms with E-state index in [4.69, 9.17) is 21.1 Å². The Balaban J connectivity index is 1.35. The number of halogens is 1. The maximum atomic E-state index is 6.41. The highest BCUT2D eigenvalue weighted by Crippen LogP contribution is 2.37. The van der Waals surface area contributed by atoms with Gasteiger partial charge in [0.25, 0.3) is 0 Å². The summed E-state index contributed by atoms with van der Waals surface area (Å²) in [5.41, 5.74) is 2.18. The normalized spacial score (nSPS) is 18.0. The van der Waals surface area contributed by atoms with E-state index in [0.717, 1.165) is 66.7 Å². The third kappa shape index (κ3) is 3.81. The molecule has 1 fully saturated rings. The Morgan fingerprint density at radius 3 is 2.65 bits per heavy atom. The van der Waals surface area contributed by atoms with Crippen molar-refractivity contribution in [2.75, 3.05) is 19.9 Å². The molecule has 1 aromatic heterocycles. The van der Waals surface area contributed by atoms with Gasteiger partial charge in [-0.2, -0.15) is 0 Å². The fraction of sp³-hybridized carbons (Fsp3) is 0.579. The molecule has 2 aromatic rings. The Morgan fingerprint density at radius 2 is 1.92 bits per heavy atom. The number of likely N-dealkylation sites (tertiary alicyclic amines) is 1. The van der Waals surface area contributed by atoms with Gasteiger partial charge in [-0.05, 0) is 36.8 Å². The Morgan fingerprint density at radius 1 is 1.19 bits per heavy atom. The molecule has 0 unspecified atom stereocenters. The van der Waals surface area contributed by atoms with Crippen molar-refractivity contribution in [1.82, 2.24) is 19.9 Å². The summed E-state index contributed by atoms with van der Waals surface area (Å²) in [4.78, 5) is 2.44. The van der Waals surface area contributed by atoms with Gasteiger partial charge in [0.2, 0.25) is 6.79 Å². The van der Waals surface area contributed by atoms with Crippen molar-refractivity contribution in [2.24, 2.45) is 5.92 Å². The fourth-order valence-corrected chi connectivity index (χ4v) is 3.88. The molecule has 0 amide bonds. The van der Waals surface area contributed by atoms with Gasteiger partial charge in [0.05, 0.1) is 11.7 Å². The van der Waals surface area contributed by atoms with Gasteiger partial charge < -0.3 is 9.47 Å². The van der Waals surface area contributed by atoms with Crippen LogP contribution in [0.5, 0.6) is 11.5 Å².